The molecule has 0 atom stereocenters. The number of aliphatic imine (C=N–C) groups is 1. The molecule has 0 unspecified atom stereocenters. The van der Waals surface area contributed by atoms with Crippen LogP contribution in [0.1, 0.15) is 38.2 Å². The molecule has 0 radical (unpaired) electrons. The van der Waals surface area contributed by atoms with Crippen LogP contribution in [0.5, 0.6) is 0 Å². The molecule has 5 nitrogen and oxygen atoms in total. The fourth-order valence-corrected chi connectivity index (χ4v) is 2.66. The highest BCUT2D eigenvalue weighted by Crippen LogP contribution is 2.47. The van der Waals surface area contributed by atoms with E-state index in [2.05, 4.69) is 46.0 Å². The molecule has 0 aromatic heterocycles. The zero-order valence-corrected chi connectivity index (χ0v) is 14.1. The van der Waals surface area contributed by atoms with Crippen LogP contribution in [-0.4, -0.2) is 38.7 Å². The highest BCUT2D eigenvalue weighted by molar-refractivity contribution is 5.79. The van der Waals surface area contributed by atoms with Gasteiger partial charge in [-0.15, -0.1) is 0 Å². The minimum atomic E-state index is -0.141. The quantitative estimate of drug-likeness (QED) is 0.334. The van der Waals surface area contributed by atoms with Crippen molar-refractivity contribution in [2.45, 2.75) is 38.0 Å². The van der Waals surface area contributed by atoms with Gasteiger partial charge in [0.25, 0.3) is 0 Å². The molecule has 1 aliphatic rings. The van der Waals surface area contributed by atoms with Crippen molar-refractivity contribution < 1.29 is 9.53 Å². The number of benzene rings is 1. The van der Waals surface area contributed by atoms with Gasteiger partial charge >= 0.3 is 5.97 Å². The monoisotopic (exact) mass is 317 g/mol. The molecule has 1 fully saturated rings. The highest BCUT2D eigenvalue weighted by atomic mass is 16.5. The normalized spacial score (nSPS) is 15.8. The van der Waals surface area contributed by atoms with Gasteiger partial charge in [0.15, 0.2) is 5.96 Å². The third-order valence-electron chi connectivity index (χ3n) is 4.21. The third kappa shape index (κ3) is 5.27. The molecule has 0 amide bonds. The van der Waals surface area contributed by atoms with Crippen molar-refractivity contribution in [3.8, 4) is 0 Å². The lowest BCUT2D eigenvalue weighted by Gasteiger charge is -2.19. The second-order valence-corrected chi connectivity index (χ2v) is 5.91. The van der Waals surface area contributed by atoms with E-state index in [1.165, 1.54) is 18.4 Å². The van der Waals surface area contributed by atoms with Gasteiger partial charge in [0.05, 0.1) is 6.61 Å². The van der Waals surface area contributed by atoms with Gasteiger partial charge in [0, 0.05) is 32.0 Å². The summed E-state index contributed by atoms with van der Waals surface area (Å²) in [4.78, 5) is 15.5. The van der Waals surface area contributed by atoms with Gasteiger partial charge in [0.1, 0.15) is 0 Å². The standard InChI is InChI=1S/C18H27N3O2/c1-3-23-16(22)10-7-13-20-17(19-2)21-14-18(11-12-18)15-8-5-4-6-9-15/h4-6,8-9H,3,7,10-14H2,1-2H3,(H2,19,20,21). The molecule has 2 rings (SSSR count). The van der Waals surface area contributed by atoms with Gasteiger partial charge in [0.2, 0.25) is 0 Å². The Morgan fingerprint density at radius 1 is 1.26 bits per heavy atom. The smallest absolute Gasteiger partial charge is 0.305 e. The van der Waals surface area contributed by atoms with Crippen LogP contribution in [0, 0.1) is 0 Å². The van der Waals surface area contributed by atoms with Crippen LogP contribution < -0.4 is 10.6 Å². The molecule has 126 valence electrons. The number of nitrogens with zero attached hydrogens (tertiary/aromatic N) is 1. The Balaban J connectivity index is 1.71. The number of guanidine groups is 1. The molecule has 0 aliphatic heterocycles. The van der Waals surface area contributed by atoms with E-state index >= 15 is 0 Å². The van der Waals surface area contributed by atoms with Crippen LogP contribution >= 0.6 is 0 Å². The molecule has 1 aliphatic carbocycles. The number of nitrogens with one attached hydrogen (secondary N) is 2. The van der Waals surface area contributed by atoms with E-state index in [-0.39, 0.29) is 11.4 Å². The van der Waals surface area contributed by atoms with Crippen LogP contribution in [-0.2, 0) is 14.9 Å². The van der Waals surface area contributed by atoms with Gasteiger partial charge in [-0.1, -0.05) is 30.3 Å². The van der Waals surface area contributed by atoms with Gasteiger partial charge in [-0.3, -0.25) is 9.79 Å². The first-order valence-electron chi connectivity index (χ1n) is 8.36. The summed E-state index contributed by atoms with van der Waals surface area (Å²) in [5.41, 5.74) is 1.65. The molecule has 0 bridgehead atoms. The van der Waals surface area contributed by atoms with Gasteiger partial charge in [-0.05, 0) is 31.7 Å². The van der Waals surface area contributed by atoms with E-state index in [1.54, 1.807) is 7.05 Å². The summed E-state index contributed by atoms with van der Waals surface area (Å²) >= 11 is 0. The van der Waals surface area contributed by atoms with Gasteiger partial charge < -0.3 is 15.4 Å². The lowest BCUT2D eigenvalue weighted by Crippen LogP contribution is -2.41. The molecule has 0 saturated heterocycles. The first-order chi connectivity index (χ1) is 11.2. The average Bonchev–Trinajstić information content (AvgIpc) is 3.36. The van der Waals surface area contributed by atoms with Crippen molar-refractivity contribution in [1.82, 2.24) is 10.6 Å². The lowest BCUT2D eigenvalue weighted by molar-refractivity contribution is -0.143. The number of rotatable bonds is 8. The molecule has 1 saturated carbocycles. The molecular weight excluding hydrogens is 290 g/mol. The summed E-state index contributed by atoms with van der Waals surface area (Å²) in [7, 11) is 1.77. The highest BCUT2D eigenvalue weighted by Gasteiger charge is 2.43. The SMILES string of the molecule is CCOC(=O)CCCNC(=NC)NCC1(c2ccccc2)CC1. The first kappa shape index (κ1) is 17.3. The number of carbonyl (C=O) groups is 1. The number of esters is 1. The minimum absolute atomic E-state index is 0.141. The number of carbonyl (C=O) groups excluding carboxylic acids is 1. The van der Waals surface area contributed by atoms with Crippen LogP contribution in [0.15, 0.2) is 35.3 Å². The average molecular weight is 317 g/mol. The first-order valence-corrected chi connectivity index (χ1v) is 8.36. The topological polar surface area (TPSA) is 62.7 Å². The number of hydrogen-bond donors (Lipinski definition) is 2. The molecular formula is C18H27N3O2. The van der Waals surface area contributed by atoms with Gasteiger partial charge in [-0.25, -0.2) is 0 Å². The Hall–Kier alpha value is -2.04. The Kier molecular flexibility index (Phi) is 6.44. The fraction of sp³-hybridized carbons (Fsp3) is 0.556. The van der Waals surface area contributed by atoms with Crippen molar-refractivity contribution in [3.63, 3.8) is 0 Å². The summed E-state index contributed by atoms with van der Waals surface area (Å²) in [6, 6.07) is 10.6. The van der Waals surface area contributed by atoms with E-state index in [0.29, 0.717) is 19.6 Å². The van der Waals surface area contributed by atoms with Crippen molar-refractivity contribution in [1.29, 1.82) is 0 Å². The van der Waals surface area contributed by atoms with E-state index in [1.807, 2.05) is 6.92 Å². The van der Waals surface area contributed by atoms with E-state index in [9.17, 15) is 4.79 Å². The van der Waals surface area contributed by atoms with Crippen LogP contribution in [0.4, 0.5) is 0 Å². The Morgan fingerprint density at radius 3 is 2.61 bits per heavy atom. The van der Waals surface area contributed by atoms with Crippen molar-refractivity contribution in [2.75, 3.05) is 26.7 Å². The van der Waals surface area contributed by atoms with Crippen molar-refractivity contribution in [3.05, 3.63) is 35.9 Å². The summed E-state index contributed by atoms with van der Waals surface area (Å²) in [5, 5.41) is 6.66. The summed E-state index contributed by atoms with van der Waals surface area (Å²) < 4.78 is 4.91. The minimum Gasteiger partial charge on any atom is -0.466 e. The van der Waals surface area contributed by atoms with Crippen molar-refractivity contribution >= 4 is 11.9 Å². The van der Waals surface area contributed by atoms with E-state index < -0.39 is 0 Å². The second kappa shape index (κ2) is 8.56. The lowest BCUT2D eigenvalue weighted by atomic mass is 9.96. The maximum atomic E-state index is 11.3. The maximum absolute atomic E-state index is 11.3. The second-order valence-electron chi connectivity index (χ2n) is 5.91. The molecule has 23 heavy (non-hydrogen) atoms. The largest absolute Gasteiger partial charge is 0.466 e. The number of ether oxygens (including phenoxy) is 1. The fourth-order valence-electron chi connectivity index (χ4n) is 2.66. The summed E-state index contributed by atoms with van der Waals surface area (Å²) in [6.07, 6.45) is 3.60. The summed E-state index contributed by atoms with van der Waals surface area (Å²) in [6.45, 7) is 3.85. The molecule has 0 heterocycles. The molecule has 5 heteroatoms. The van der Waals surface area contributed by atoms with Gasteiger partial charge in [-0.2, -0.15) is 0 Å². The molecule has 2 N–H and O–H groups in total. The Morgan fingerprint density at radius 2 is 2.00 bits per heavy atom. The number of hydrogen-bond acceptors (Lipinski definition) is 3. The Labute approximate surface area is 138 Å². The third-order valence-corrected chi connectivity index (χ3v) is 4.21. The summed E-state index contributed by atoms with van der Waals surface area (Å²) in [5.74, 6) is 0.648. The molecule has 0 spiro atoms. The predicted molar refractivity (Wildman–Crippen MR) is 92.6 cm³/mol. The molecule has 1 aromatic rings. The molecule has 1 aromatic carbocycles. The zero-order valence-electron chi connectivity index (χ0n) is 14.1. The van der Waals surface area contributed by atoms with Crippen LogP contribution in [0.25, 0.3) is 0 Å². The van der Waals surface area contributed by atoms with Crippen LogP contribution in [0.3, 0.4) is 0 Å². The Bertz CT molecular complexity index is 524. The predicted octanol–water partition coefficient (Wildman–Crippen LogP) is 2.23. The van der Waals surface area contributed by atoms with E-state index in [4.69, 9.17) is 4.74 Å². The van der Waals surface area contributed by atoms with Crippen molar-refractivity contribution in [2.24, 2.45) is 4.99 Å². The zero-order chi connectivity index (χ0) is 16.5. The van der Waals surface area contributed by atoms with Crippen LogP contribution in [0.2, 0.25) is 0 Å². The van der Waals surface area contributed by atoms with E-state index in [0.717, 1.165) is 18.9 Å². The maximum Gasteiger partial charge on any atom is 0.305 e.